The van der Waals surface area contributed by atoms with Crippen LogP contribution in [0.25, 0.3) is 11.0 Å². The van der Waals surface area contributed by atoms with Gasteiger partial charge in [-0.2, -0.15) is 0 Å². The summed E-state index contributed by atoms with van der Waals surface area (Å²) in [6, 6.07) is 7.18. The third kappa shape index (κ3) is 2.17. The van der Waals surface area contributed by atoms with Crippen molar-refractivity contribution in [1.29, 1.82) is 0 Å². The highest BCUT2D eigenvalue weighted by Crippen LogP contribution is 2.28. The first kappa shape index (κ1) is 11.7. The van der Waals surface area contributed by atoms with Gasteiger partial charge < -0.3 is 9.15 Å². The van der Waals surface area contributed by atoms with E-state index in [0.29, 0.717) is 16.5 Å². The highest BCUT2D eigenvalue weighted by molar-refractivity contribution is 7.13. The molecule has 1 N–H and O–H groups in total. The van der Waals surface area contributed by atoms with Gasteiger partial charge in [-0.1, -0.05) is 12.1 Å². The van der Waals surface area contributed by atoms with E-state index in [1.807, 2.05) is 12.1 Å². The zero-order valence-electron chi connectivity index (χ0n) is 10.0. The van der Waals surface area contributed by atoms with Crippen LogP contribution in [-0.4, -0.2) is 18.0 Å². The number of carbonyl (C=O) groups excluding carboxylic acids is 1. The number of fused-ring (bicyclic) bond motifs is 1. The van der Waals surface area contributed by atoms with Crippen molar-refractivity contribution < 1.29 is 13.9 Å². The summed E-state index contributed by atoms with van der Waals surface area (Å²) >= 11 is 1.35. The first-order chi connectivity index (χ1) is 9.28. The van der Waals surface area contributed by atoms with Crippen molar-refractivity contribution in [1.82, 2.24) is 4.98 Å². The van der Waals surface area contributed by atoms with E-state index in [9.17, 15) is 4.79 Å². The zero-order valence-corrected chi connectivity index (χ0v) is 10.9. The number of methoxy groups -OCH3 is 1. The molecule has 0 aliphatic rings. The lowest BCUT2D eigenvalue weighted by Gasteiger charge is -1.99. The van der Waals surface area contributed by atoms with Gasteiger partial charge in [0.25, 0.3) is 5.91 Å². The first-order valence-corrected chi connectivity index (χ1v) is 6.43. The van der Waals surface area contributed by atoms with Gasteiger partial charge in [0.1, 0.15) is 0 Å². The van der Waals surface area contributed by atoms with Crippen LogP contribution < -0.4 is 10.1 Å². The Bertz CT molecular complexity index is 719. The van der Waals surface area contributed by atoms with Gasteiger partial charge >= 0.3 is 0 Å². The number of nitrogens with one attached hydrogen (secondary N) is 1. The Morgan fingerprint density at radius 2 is 2.37 bits per heavy atom. The molecule has 3 aromatic rings. The fourth-order valence-electron chi connectivity index (χ4n) is 1.75. The van der Waals surface area contributed by atoms with E-state index in [-0.39, 0.29) is 11.7 Å². The third-order valence-electron chi connectivity index (χ3n) is 2.60. The van der Waals surface area contributed by atoms with E-state index < -0.39 is 0 Å². The standard InChI is InChI=1S/C13H10N2O3S/c1-17-9-4-2-3-8-7-10(18-11(8)9)12(16)15-13-14-5-6-19-13/h2-7H,1H3,(H,14,15,16). The van der Waals surface area contributed by atoms with Crippen molar-refractivity contribution in [2.24, 2.45) is 0 Å². The molecule has 2 aromatic heterocycles. The molecule has 2 heterocycles. The highest BCUT2D eigenvalue weighted by atomic mass is 32.1. The van der Waals surface area contributed by atoms with Gasteiger partial charge in [-0.25, -0.2) is 4.98 Å². The first-order valence-electron chi connectivity index (χ1n) is 5.55. The van der Waals surface area contributed by atoms with Gasteiger partial charge in [0.2, 0.25) is 0 Å². The fraction of sp³-hybridized carbons (Fsp3) is 0.0769. The van der Waals surface area contributed by atoms with E-state index in [4.69, 9.17) is 9.15 Å². The number of furan rings is 1. The molecule has 0 spiro atoms. The topological polar surface area (TPSA) is 64.4 Å². The second-order valence-corrected chi connectivity index (χ2v) is 4.68. The maximum Gasteiger partial charge on any atom is 0.293 e. The van der Waals surface area contributed by atoms with E-state index in [1.165, 1.54) is 11.3 Å². The molecule has 0 radical (unpaired) electrons. The van der Waals surface area contributed by atoms with Gasteiger partial charge in [-0.15, -0.1) is 11.3 Å². The molecule has 5 nitrogen and oxygen atoms in total. The summed E-state index contributed by atoms with van der Waals surface area (Å²) < 4.78 is 10.7. The number of anilines is 1. The monoisotopic (exact) mass is 274 g/mol. The van der Waals surface area contributed by atoms with Crippen molar-refractivity contribution in [3.05, 3.63) is 41.6 Å². The Morgan fingerprint density at radius 1 is 1.47 bits per heavy atom. The number of benzene rings is 1. The SMILES string of the molecule is COc1cccc2cc(C(=O)Nc3nccs3)oc12. The van der Waals surface area contributed by atoms with Gasteiger partial charge in [-0.05, 0) is 12.1 Å². The number of amides is 1. The van der Waals surface area contributed by atoms with E-state index in [1.54, 1.807) is 30.8 Å². The molecule has 0 unspecified atom stereocenters. The average molecular weight is 274 g/mol. The maximum atomic E-state index is 12.0. The highest BCUT2D eigenvalue weighted by Gasteiger charge is 2.15. The molecule has 0 bridgehead atoms. The lowest BCUT2D eigenvalue weighted by atomic mass is 10.2. The lowest BCUT2D eigenvalue weighted by molar-refractivity contribution is 0.0998. The van der Waals surface area contributed by atoms with Crippen molar-refractivity contribution in [2.45, 2.75) is 0 Å². The van der Waals surface area contributed by atoms with Crippen LogP contribution in [0, 0.1) is 0 Å². The number of para-hydroxylation sites is 1. The van der Waals surface area contributed by atoms with Gasteiger partial charge in [0.05, 0.1) is 7.11 Å². The van der Waals surface area contributed by atoms with Crippen molar-refractivity contribution in [2.75, 3.05) is 12.4 Å². The summed E-state index contributed by atoms with van der Waals surface area (Å²) in [5.74, 6) is 0.508. The van der Waals surface area contributed by atoms with E-state index >= 15 is 0 Å². The molecule has 96 valence electrons. The van der Waals surface area contributed by atoms with Crippen LogP contribution in [0.2, 0.25) is 0 Å². The lowest BCUT2D eigenvalue weighted by Crippen LogP contribution is -2.10. The summed E-state index contributed by atoms with van der Waals surface area (Å²) in [6.45, 7) is 0. The molecule has 3 rings (SSSR count). The molecule has 19 heavy (non-hydrogen) atoms. The summed E-state index contributed by atoms with van der Waals surface area (Å²) in [4.78, 5) is 16.0. The number of aromatic nitrogens is 1. The summed E-state index contributed by atoms with van der Waals surface area (Å²) in [7, 11) is 1.56. The maximum absolute atomic E-state index is 12.0. The quantitative estimate of drug-likeness (QED) is 0.796. The normalized spacial score (nSPS) is 10.6. The van der Waals surface area contributed by atoms with Crippen LogP contribution in [0.3, 0.4) is 0 Å². The Kier molecular flexibility index (Phi) is 2.92. The molecule has 0 fully saturated rings. The number of rotatable bonds is 3. The molecule has 0 aliphatic carbocycles. The molecule has 0 saturated heterocycles. The second-order valence-electron chi connectivity index (χ2n) is 3.78. The predicted octanol–water partition coefficient (Wildman–Crippen LogP) is 3.15. The Hall–Kier alpha value is -2.34. The van der Waals surface area contributed by atoms with Gasteiger partial charge in [-0.3, -0.25) is 10.1 Å². The molecule has 1 aromatic carbocycles. The fourth-order valence-corrected chi connectivity index (χ4v) is 2.28. The van der Waals surface area contributed by atoms with Crippen LogP contribution in [0.5, 0.6) is 5.75 Å². The number of hydrogen-bond acceptors (Lipinski definition) is 5. The van der Waals surface area contributed by atoms with Gasteiger partial charge in [0, 0.05) is 17.0 Å². The average Bonchev–Trinajstić information content (AvgIpc) is 3.06. The van der Waals surface area contributed by atoms with E-state index in [2.05, 4.69) is 10.3 Å². The Labute approximate surface area is 112 Å². The molecule has 0 atom stereocenters. The molecule has 0 saturated carbocycles. The smallest absolute Gasteiger partial charge is 0.293 e. The minimum atomic E-state index is -0.326. The van der Waals surface area contributed by atoms with Crippen LogP contribution in [0.1, 0.15) is 10.6 Å². The van der Waals surface area contributed by atoms with Crippen LogP contribution in [-0.2, 0) is 0 Å². The van der Waals surface area contributed by atoms with Crippen LogP contribution in [0.15, 0.2) is 40.3 Å². The number of carbonyl (C=O) groups is 1. The Balaban J connectivity index is 1.95. The molecule has 1 amide bonds. The molecule has 0 aliphatic heterocycles. The molecule has 6 heteroatoms. The number of nitrogens with zero attached hydrogens (tertiary/aromatic N) is 1. The third-order valence-corrected chi connectivity index (χ3v) is 3.29. The second kappa shape index (κ2) is 4.74. The summed E-state index contributed by atoms with van der Waals surface area (Å²) in [5.41, 5.74) is 0.564. The van der Waals surface area contributed by atoms with E-state index in [0.717, 1.165) is 5.39 Å². The van der Waals surface area contributed by atoms with Crippen molar-refractivity contribution in [3.63, 3.8) is 0 Å². The minimum absolute atomic E-state index is 0.231. The number of hydrogen-bond donors (Lipinski definition) is 1. The van der Waals surface area contributed by atoms with Crippen LogP contribution in [0.4, 0.5) is 5.13 Å². The minimum Gasteiger partial charge on any atom is -0.493 e. The predicted molar refractivity (Wildman–Crippen MR) is 72.8 cm³/mol. The molecular weight excluding hydrogens is 264 g/mol. The van der Waals surface area contributed by atoms with Crippen molar-refractivity contribution >= 4 is 33.3 Å². The largest absolute Gasteiger partial charge is 0.493 e. The zero-order chi connectivity index (χ0) is 13.2. The van der Waals surface area contributed by atoms with Crippen LogP contribution >= 0.6 is 11.3 Å². The summed E-state index contributed by atoms with van der Waals surface area (Å²) in [6.07, 6.45) is 1.63. The molecular formula is C13H10N2O3S. The van der Waals surface area contributed by atoms with Gasteiger partial charge in [0.15, 0.2) is 22.2 Å². The van der Waals surface area contributed by atoms with Crippen molar-refractivity contribution in [3.8, 4) is 5.75 Å². The number of thiazole rings is 1. The summed E-state index contributed by atoms with van der Waals surface area (Å²) in [5, 5.41) is 5.82. The Morgan fingerprint density at radius 3 is 3.11 bits per heavy atom. The number of ether oxygens (including phenoxy) is 1.